The summed E-state index contributed by atoms with van der Waals surface area (Å²) in [5.74, 6) is 2.48. The molecule has 0 heterocycles. The molecule has 6 nitrogen and oxygen atoms in total. The summed E-state index contributed by atoms with van der Waals surface area (Å²) in [4.78, 5) is 8.90. The summed E-state index contributed by atoms with van der Waals surface area (Å²) in [5.41, 5.74) is 1.09. The predicted octanol–water partition coefficient (Wildman–Crippen LogP) is 2.44. The summed E-state index contributed by atoms with van der Waals surface area (Å²) in [6.07, 6.45) is 0. The van der Waals surface area contributed by atoms with E-state index in [0.717, 1.165) is 42.7 Å². The zero-order chi connectivity index (χ0) is 18.8. The highest BCUT2D eigenvalue weighted by Crippen LogP contribution is 2.25. The third-order valence-electron chi connectivity index (χ3n) is 4.29. The van der Waals surface area contributed by atoms with Gasteiger partial charge in [-0.2, -0.15) is 0 Å². The molecular weight excluding hydrogens is 316 g/mol. The summed E-state index contributed by atoms with van der Waals surface area (Å²) in [6, 6.07) is 6.43. The van der Waals surface area contributed by atoms with Gasteiger partial charge in [-0.25, -0.2) is 0 Å². The normalized spacial score (nSPS) is 11.8. The van der Waals surface area contributed by atoms with E-state index in [0.29, 0.717) is 12.6 Å². The maximum atomic E-state index is 5.48. The summed E-state index contributed by atoms with van der Waals surface area (Å²) >= 11 is 0. The van der Waals surface area contributed by atoms with Gasteiger partial charge in [0.1, 0.15) is 11.5 Å². The molecule has 142 valence electrons. The van der Waals surface area contributed by atoms with E-state index in [9.17, 15) is 0 Å². The van der Waals surface area contributed by atoms with Gasteiger partial charge in [-0.15, -0.1) is 0 Å². The molecule has 1 aromatic rings. The van der Waals surface area contributed by atoms with Crippen molar-refractivity contribution >= 4 is 5.96 Å². The van der Waals surface area contributed by atoms with Crippen molar-refractivity contribution in [3.8, 4) is 11.5 Å². The molecule has 0 saturated carbocycles. The van der Waals surface area contributed by atoms with E-state index in [1.54, 1.807) is 14.2 Å². The number of benzene rings is 1. The Hall–Kier alpha value is -1.95. The van der Waals surface area contributed by atoms with E-state index in [2.05, 4.69) is 40.9 Å². The van der Waals surface area contributed by atoms with Crippen LogP contribution in [0.25, 0.3) is 0 Å². The fourth-order valence-corrected chi connectivity index (χ4v) is 2.79. The van der Waals surface area contributed by atoms with Crippen LogP contribution in [0.2, 0.25) is 0 Å². The first-order valence-corrected chi connectivity index (χ1v) is 8.83. The number of nitrogens with zero attached hydrogens (tertiary/aromatic N) is 3. The highest BCUT2D eigenvalue weighted by atomic mass is 16.5. The van der Waals surface area contributed by atoms with Gasteiger partial charge >= 0.3 is 0 Å². The third kappa shape index (κ3) is 6.46. The zero-order valence-corrected chi connectivity index (χ0v) is 16.8. The molecule has 0 radical (unpaired) electrons. The summed E-state index contributed by atoms with van der Waals surface area (Å²) in [6.45, 7) is 10.2. The van der Waals surface area contributed by atoms with Crippen LogP contribution in [0.3, 0.4) is 0 Å². The fraction of sp³-hybridized carbons (Fsp3) is 0.632. The molecule has 0 saturated heterocycles. The maximum Gasteiger partial charge on any atom is 0.193 e. The molecule has 1 aromatic carbocycles. The molecule has 0 unspecified atom stereocenters. The maximum absolute atomic E-state index is 5.48. The molecule has 0 aliphatic carbocycles. The number of aliphatic imine (C=N–C) groups is 1. The Bertz CT molecular complexity index is 546. The van der Waals surface area contributed by atoms with E-state index in [1.165, 1.54) is 0 Å². The number of rotatable bonds is 9. The lowest BCUT2D eigenvalue weighted by atomic mass is 10.2. The second-order valence-electron chi connectivity index (χ2n) is 6.23. The smallest absolute Gasteiger partial charge is 0.193 e. The summed E-state index contributed by atoms with van der Waals surface area (Å²) in [7, 11) is 7.17. The van der Waals surface area contributed by atoms with Crippen molar-refractivity contribution in [2.24, 2.45) is 4.99 Å². The standard InChI is InChI=1S/C19H34N4O2/c1-8-23(15(2)3)12-11-21-19(20-4)22(5)14-16-9-10-17(24-6)13-18(16)25-7/h9-10,13,15H,8,11-12,14H2,1-7H3,(H,20,21). The van der Waals surface area contributed by atoms with Crippen LogP contribution in [-0.2, 0) is 6.54 Å². The number of guanidine groups is 1. The van der Waals surface area contributed by atoms with Crippen molar-refractivity contribution in [1.82, 2.24) is 15.1 Å². The summed E-state index contributed by atoms with van der Waals surface area (Å²) < 4.78 is 10.7. The summed E-state index contributed by atoms with van der Waals surface area (Å²) in [5, 5.41) is 3.44. The number of ether oxygens (including phenoxy) is 2. The van der Waals surface area contributed by atoms with E-state index in [1.807, 2.05) is 32.3 Å². The average Bonchev–Trinajstić information content (AvgIpc) is 2.61. The van der Waals surface area contributed by atoms with Gasteiger partial charge in [0.25, 0.3) is 0 Å². The van der Waals surface area contributed by atoms with Crippen LogP contribution in [-0.4, -0.2) is 69.8 Å². The molecule has 0 fully saturated rings. The molecular formula is C19H34N4O2. The van der Waals surface area contributed by atoms with E-state index in [-0.39, 0.29) is 0 Å². The van der Waals surface area contributed by atoms with Crippen molar-refractivity contribution in [3.63, 3.8) is 0 Å². The van der Waals surface area contributed by atoms with Gasteiger partial charge < -0.3 is 19.7 Å². The van der Waals surface area contributed by atoms with Gasteiger partial charge in [-0.3, -0.25) is 9.89 Å². The van der Waals surface area contributed by atoms with Crippen LogP contribution in [0.1, 0.15) is 26.3 Å². The van der Waals surface area contributed by atoms with Crippen LogP contribution in [0.15, 0.2) is 23.2 Å². The fourth-order valence-electron chi connectivity index (χ4n) is 2.79. The van der Waals surface area contributed by atoms with E-state index < -0.39 is 0 Å². The molecule has 25 heavy (non-hydrogen) atoms. The zero-order valence-electron chi connectivity index (χ0n) is 16.8. The number of hydrogen-bond acceptors (Lipinski definition) is 4. The molecule has 0 aliphatic rings. The molecule has 0 atom stereocenters. The quantitative estimate of drug-likeness (QED) is 0.548. The Morgan fingerprint density at radius 1 is 1.24 bits per heavy atom. The third-order valence-corrected chi connectivity index (χ3v) is 4.29. The van der Waals surface area contributed by atoms with Gasteiger partial charge in [-0.05, 0) is 32.5 Å². The van der Waals surface area contributed by atoms with Gasteiger partial charge in [-0.1, -0.05) is 6.92 Å². The largest absolute Gasteiger partial charge is 0.497 e. The first kappa shape index (κ1) is 21.1. The second-order valence-corrected chi connectivity index (χ2v) is 6.23. The SMILES string of the molecule is CCN(CCNC(=NC)N(C)Cc1ccc(OC)cc1OC)C(C)C. The van der Waals surface area contributed by atoms with Crippen LogP contribution < -0.4 is 14.8 Å². The minimum Gasteiger partial charge on any atom is -0.497 e. The molecule has 6 heteroatoms. The Morgan fingerprint density at radius 2 is 1.96 bits per heavy atom. The molecule has 1 rings (SSSR count). The van der Waals surface area contributed by atoms with Crippen LogP contribution in [0.4, 0.5) is 0 Å². The number of nitrogens with one attached hydrogen (secondary N) is 1. The van der Waals surface area contributed by atoms with E-state index in [4.69, 9.17) is 9.47 Å². The Balaban J connectivity index is 2.66. The van der Waals surface area contributed by atoms with Crippen molar-refractivity contribution in [2.45, 2.75) is 33.4 Å². The van der Waals surface area contributed by atoms with Crippen LogP contribution in [0.5, 0.6) is 11.5 Å². The molecule has 0 aromatic heterocycles. The lowest BCUT2D eigenvalue weighted by Crippen LogP contribution is -2.43. The van der Waals surface area contributed by atoms with Gasteiger partial charge in [0.2, 0.25) is 0 Å². The highest BCUT2D eigenvalue weighted by molar-refractivity contribution is 5.79. The highest BCUT2D eigenvalue weighted by Gasteiger charge is 2.12. The van der Waals surface area contributed by atoms with Crippen LogP contribution in [0, 0.1) is 0 Å². The van der Waals surface area contributed by atoms with Crippen molar-refractivity contribution in [2.75, 3.05) is 47.9 Å². The molecule has 0 bridgehead atoms. The first-order valence-electron chi connectivity index (χ1n) is 8.83. The minimum atomic E-state index is 0.551. The number of likely N-dealkylation sites (N-methyl/N-ethyl adjacent to an activating group) is 1. The van der Waals surface area contributed by atoms with Crippen molar-refractivity contribution < 1.29 is 9.47 Å². The lowest BCUT2D eigenvalue weighted by molar-refractivity contribution is 0.236. The number of hydrogen-bond donors (Lipinski definition) is 1. The Labute approximate surface area is 152 Å². The second kappa shape index (κ2) is 10.8. The first-order chi connectivity index (χ1) is 12.0. The topological polar surface area (TPSA) is 49.3 Å². The predicted molar refractivity (Wildman–Crippen MR) is 105 cm³/mol. The van der Waals surface area contributed by atoms with E-state index >= 15 is 0 Å². The minimum absolute atomic E-state index is 0.551. The molecule has 0 spiro atoms. The van der Waals surface area contributed by atoms with Gasteiger partial charge in [0.15, 0.2) is 5.96 Å². The van der Waals surface area contributed by atoms with Crippen LogP contribution >= 0.6 is 0 Å². The molecule has 0 aliphatic heterocycles. The van der Waals surface area contributed by atoms with Gasteiger partial charge in [0.05, 0.1) is 14.2 Å². The number of methoxy groups -OCH3 is 2. The molecule has 1 N–H and O–H groups in total. The van der Waals surface area contributed by atoms with Gasteiger partial charge in [0, 0.05) is 51.4 Å². The Kier molecular flexibility index (Phi) is 9.13. The Morgan fingerprint density at radius 3 is 2.48 bits per heavy atom. The van der Waals surface area contributed by atoms with Crippen molar-refractivity contribution in [3.05, 3.63) is 23.8 Å². The monoisotopic (exact) mass is 350 g/mol. The lowest BCUT2D eigenvalue weighted by Gasteiger charge is -2.27. The molecule has 0 amide bonds. The average molecular weight is 351 g/mol. The van der Waals surface area contributed by atoms with Crippen molar-refractivity contribution in [1.29, 1.82) is 0 Å².